The van der Waals surface area contributed by atoms with Gasteiger partial charge in [-0.1, -0.05) is 6.42 Å². The second kappa shape index (κ2) is 8.41. The Labute approximate surface area is 188 Å². The third-order valence-corrected chi connectivity index (χ3v) is 6.60. The van der Waals surface area contributed by atoms with Crippen LogP contribution in [0.15, 0.2) is 42.6 Å². The molecular weight excluding hydrogens is 408 g/mol. The Morgan fingerprint density at radius 1 is 1.12 bits per heavy atom. The number of fused-ring (bicyclic) bond motifs is 1. The number of benzene rings is 1. The molecule has 8 nitrogen and oxygen atoms in total. The van der Waals surface area contributed by atoms with Crippen LogP contribution in [-0.4, -0.2) is 49.7 Å². The van der Waals surface area contributed by atoms with E-state index < -0.39 is 10.5 Å². The molecule has 32 heavy (non-hydrogen) atoms. The zero-order valence-corrected chi connectivity index (χ0v) is 18.9. The first-order valence-corrected chi connectivity index (χ1v) is 11.2. The fourth-order valence-electron chi connectivity index (χ4n) is 4.53. The highest BCUT2D eigenvalue weighted by Gasteiger charge is 2.39. The molecule has 0 N–H and O–H groups in total. The third-order valence-electron chi connectivity index (χ3n) is 6.60. The molecule has 0 spiro atoms. The quantitative estimate of drug-likeness (QED) is 0.525. The maximum atomic E-state index is 13.6. The van der Waals surface area contributed by atoms with Crippen LogP contribution in [0, 0.1) is 16.0 Å². The summed E-state index contributed by atoms with van der Waals surface area (Å²) in [6.07, 6.45) is 4.83. The third kappa shape index (κ3) is 4.13. The van der Waals surface area contributed by atoms with Crippen LogP contribution in [0.25, 0.3) is 0 Å². The van der Waals surface area contributed by atoms with Gasteiger partial charge in [-0.15, -0.1) is 0 Å². The van der Waals surface area contributed by atoms with E-state index >= 15 is 0 Å². The van der Waals surface area contributed by atoms with Crippen molar-refractivity contribution in [3.05, 3.63) is 64.0 Å². The fourth-order valence-corrected chi connectivity index (χ4v) is 4.53. The maximum Gasteiger partial charge on any atom is 0.269 e. The molecule has 4 rings (SSSR count). The van der Waals surface area contributed by atoms with Gasteiger partial charge in [-0.3, -0.25) is 19.7 Å². The number of nitro groups is 1. The van der Waals surface area contributed by atoms with Crippen molar-refractivity contribution >= 4 is 17.5 Å². The van der Waals surface area contributed by atoms with Crippen LogP contribution >= 0.6 is 0 Å². The van der Waals surface area contributed by atoms with E-state index in [9.17, 15) is 19.7 Å². The van der Waals surface area contributed by atoms with Gasteiger partial charge in [-0.05, 0) is 63.4 Å². The SMILES string of the molecule is CC(C)(C)N(CC(=O)N1CCn2cccc2[C@H]1c1ccc([N+](=O)[O-])cc1)C(=O)C1CCC1. The topological polar surface area (TPSA) is 88.7 Å². The number of nitro benzene ring substituents is 1. The van der Waals surface area contributed by atoms with Gasteiger partial charge in [0.05, 0.1) is 11.0 Å². The first kappa shape index (κ1) is 22.0. The molecule has 2 aliphatic rings. The number of hydrogen-bond donors (Lipinski definition) is 0. The van der Waals surface area contributed by atoms with E-state index in [1.165, 1.54) is 12.1 Å². The second-order valence-corrected chi connectivity index (χ2v) is 9.69. The summed E-state index contributed by atoms with van der Waals surface area (Å²) in [5.41, 5.74) is 1.34. The normalized spacial score (nSPS) is 18.6. The van der Waals surface area contributed by atoms with E-state index in [-0.39, 0.29) is 36.0 Å². The van der Waals surface area contributed by atoms with Gasteiger partial charge < -0.3 is 14.4 Å². The van der Waals surface area contributed by atoms with Crippen LogP contribution in [0.1, 0.15) is 57.3 Å². The summed E-state index contributed by atoms with van der Waals surface area (Å²) in [4.78, 5) is 40.9. The average Bonchev–Trinajstić information content (AvgIpc) is 3.17. The number of carbonyl (C=O) groups is 2. The summed E-state index contributed by atoms with van der Waals surface area (Å²) in [5.74, 6) is -0.0288. The summed E-state index contributed by atoms with van der Waals surface area (Å²) in [6.45, 7) is 7.11. The van der Waals surface area contributed by atoms with Gasteiger partial charge in [0.2, 0.25) is 11.8 Å². The molecule has 170 valence electrons. The van der Waals surface area contributed by atoms with Crippen LogP contribution in [0.3, 0.4) is 0 Å². The van der Waals surface area contributed by atoms with Gasteiger partial charge in [0.25, 0.3) is 5.69 Å². The molecule has 1 aromatic carbocycles. The second-order valence-electron chi connectivity index (χ2n) is 9.69. The molecule has 0 bridgehead atoms. The zero-order valence-electron chi connectivity index (χ0n) is 18.9. The van der Waals surface area contributed by atoms with Gasteiger partial charge in [0, 0.05) is 48.6 Å². The Morgan fingerprint density at radius 2 is 1.81 bits per heavy atom. The average molecular weight is 439 g/mol. The number of non-ortho nitro benzene ring substituents is 1. The molecule has 0 radical (unpaired) electrons. The Bertz CT molecular complexity index is 1020. The Hall–Kier alpha value is -3.16. The molecule has 2 amide bonds. The van der Waals surface area contributed by atoms with Gasteiger partial charge >= 0.3 is 0 Å². The highest BCUT2D eigenvalue weighted by Crippen LogP contribution is 2.35. The van der Waals surface area contributed by atoms with E-state index in [1.54, 1.807) is 17.0 Å². The largest absolute Gasteiger partial charge is 0.348 e. The van der Waals surface area contributed by atoms with Crippen molar-refractivity contribution in [1.82, 2.24) is 14.4 Å². The Kier molecular flexibility index (Phi) is 5.79. The van der Waals surface area contributed by atoms with Gasteiger partial charge in [-0.2, -0.15) is 0 Å². The van der Waals surface area contributed by atoms with Crippen LogP contribution in [0.2, 0.25) is 0 Å². The van der Waals surface area contributed by atoms with Gasteiger partial charge in [0.1, 0.15) is 6.54 Å². The summed E-state index contributed by atoms with van der Waals surface area (Å²) in [5, 5.41) is 11.1. The molecule has 2 aromatic rings. The number of hydrogen-bond acceptors (Lipinski definition) is 4. The molecule has 1 aliphatic heterocycles. The predicted molar refractivity (Wildman–Crippen MR) is 120 cm³/mol. The molecule has 1 aromatic heterocycles. The van der Waals surface area contributed by atoms with Gasteiger partial charge in [-0.25, -0.2) is 0 Å². The van der Waals surface area contributed by atoms with E-state index in [2.05, 4.69) is 4.57 Å². The predicted octanol–water partition coefficient (Wildman–Crippen LogP) is 3.76. The van der Waals surface area contributed by atoms with E-state index in [4.69, 9.17) is 0 Å². The number of amides is 2. The molecule has 1 saturated carbocycles. The first-order chi connectivity index (χ1) is 15.2. The summed E-state index contributed by atoms with van der Waals surface area (Å²) in [7, 11) is 0. The molecular formula is C24H30N4O4. The number of aromatic nitrogens is 1. The standard InChI is InChI=1S/C24H30N4O4/c1-24(2,3)27(23(30)18-6-4-7-18)16-21(29)26-15-14-25-13-5-8-20(25)22(26)17-9-11-19(12-10-17)28(31)32/h5,8-13,18,22H,4,6-7,14-16H2,1-3H3/t22-/m1/s1. The molecule has 0 saturated heterocycles. The summed E-state index contributed by atoms with van der Waals surface area (Å²) < 4.78 is 2.11. The van der Waals surface area contributed by atoms with Gasteiger partial charge in [0.15, 0.2) is 0 Å². The Morgan fingerprint density at radius 3 is 2.38 bits per heavy atom. The monoisotopic (exact) mass is 438 g/mol. The fraction of sp³-hybridized carbons (Fsp3) is 0.500. The van der Waals surface area contributed by atoms with E-state index in [0.717, 1.165) is 30.5 Å². The minimum atomic E-state index is -0.457. The van der Waals surface area contributed by atoms with Crippen molar-refractivity contribution in [2.45, 2.75) is 58.2 Å². The molecule has 2 heterocycles. The number of carbonyl (C=O) groups excluding carboxylic acids is 2. The van der Waals surface area contributed by atoms with Crippen molar-refractivity contribution in [2.24, 2.45) is 5.92 Å². The van der Waals surface area contributed by atoms with E-state index in [0.29, 0.717) is 13.1 Å². The van der Waals surface area contributed by atoms with Crippen LogP contribution in [-0.2, 0) is 16.1 Å². The molecule has 1 fully saturated rings. The van der Waals surface area contributed by atoms with Crippen molar-refractivity contribution in [3.8, 4) is 0 Å². The highest BCUT2D eigenvalue weighted by molar-refractivity contribution is 5.87. The molecule has 0 unspecified atom stereocenters. The minimum Gasteiger partial charge on any atom is -0.348 e. The lowest BCUT2D eigenvalue weighted by molar-refractivity contribution is -0.384. The lowest BCUT2D eigenvalue weighted by Gasteiger charge is -2.43. The van der Waals surface area contributed by atoms with Crippen molar-refractivity contribution in [3.63, 3.8) is 0 Å². The van der Waals surface area contributed by atoms with Crippen molar-refractivity contribution in [1.29, 1.82) is 0 Å². The molecule has 8 heteroatoms. The zero-order chi connectivity index (χ0) is 23.0. The van der Waals surface area contributed by atoms with Crippen molar-refractivity contribution < 1.29 is 14.5 Å². The summed E-state index contributed by atoms with van der Waals surface area (Å²) in [6, 6.07) is 9.95. The van der Waals surface area contributed by atoms with Crippen LogP contribution in [0.4, 0.5) is 5.69 Å². The minimum absolute atomic E-state index is 0.0165. The lowest BCUT2D eigenvalue weighted by atomic mass is 9.83. The number of rotatable bonds is 5. The van der Waals surface area contributed by atoms with Crippen LogP contribution in [0.5, 0.6) is 0 Å². The first-order valence-electron chi connectivity index (χ1n) is 11.2. The number of nitrogens with zero attached hydrogens (tertiary/aromatic N) is 4. The Balaban J connectivity index is 1.63. The summed E-state index contributed by atoms with van der Waals surface area (Å²) >= 11 is 0. The smallest absolute Gasteiger partial charge is 0.269 e. The maximum absolute atomic E-state index is 13.6. The molecule has 1 atom stereocenters. The lowest BCUT2D eigenvalue weighted by Crippen LogP contribution is -2.55. The van der Waals surface area contributed by atoms with Crippen LogP contribution < -0.4 is 0 Å². The molecule has 1 aliphatic carbocycles. The highest BCUT2D eigenvalue weighted by atomic mass is 16.6. The van der Waals surface area contributed by atoms with E-state index in [1.807, 2.05) is 44.0 Å². The van der Waals surface area contributed by atoms with Crippen molar-refractivity contribution in [2.75, 3.05) is 13.1 Å².